The molecule has 0 spiro atoms. The van der Waals surface area contributed by atoms with E-state index in [1.165, 1.54) is 24.4 Å². The van der Waals surface area contributed by atoms with Gasteiger partial charge < -0.3 is 40.3 Å². The molecular formula is C28H32F6N4O9. The lowest BCUT2D eigenvalue weighted by Crippen LogP contribution is -2.49. The second kappa shape index (κ2) is 17.3. The number of benzene rings is 1. The average Bonchev–Trinajstić information content (AvgIpc) is 3.03. The van der Waals surface area contributed by atoms with Gasteiger partial charge in [-0.05, 0) is 23.6 Å². The van der Waals surface area contributed by atoms with E-state index in [1.54, 1.807) is 17.0 Å². The Balaban J connectivity index is 0.000000459. The number of nitrogens with zero attached hydrogens (tertiary/aromatic N) is 2. The highest BCUT2D eigenvalue weighted by Crippen LogP contribution is 2.20. The summed E-state index contributed by atoms with van der Waals surface area (Å²) in [7, 11) is 1.37. The van der Waals surface area contributed by atoms with Crippen molar-refractivity contribution in [1.82, 2.24) is 20.5 Å². The first-order chi connectivity index (χ1) is 21.9. The van der Waals surface area contributed by atoms with Crippen LogP contribution in [0.4, 0.5) is 31.1 Å². The van der Waals surface area contributed by atoms with Crippen molar-refractivity contribution in [2.24, 2.45) is 0 Å². The molecule has 2 atom stereocenters. The minimum absolute atomic E-state index is 0.0845. The van der Waals surface area contributed by atoms with E-state index in [-0.39, 0.29) is 30.7 Å². The quantitative estimate of drug-likeness (QED) is 0.282. The van der Waals surface area contributed by atoms with Gasteiger partial charge in [-0.1, -0.05) is 24.3 Å². The number of likely N-dealkylation sites (tertiary alicyclic amines) is 1. The van der Waals surface area contributed by atoms with Crippen LogP contribution in [0.3, 0.4) is 0 Å². The number of carbonyl (C=O) groups is 4. The van der Waals surface area contributed by atoms with Crippen LogP contribution in [0, 0.1) is 0 Å². The van der Waals surface area contributed by atoms with Crippen LogP contribution in [0.15, 0.2) is 42.6 Å². The number of halogens is 6. The molecule has 19 heteroatoms. The van der Waals surface area contributed by atoms with E-state index in [4.69, 9.17) is 29.3 Å². The Labute approximate surface area is 263 Å². The fourth-order valence-corrected chi connectivity index (χ4v) is 4.26. The predicted molar refractivity (Wildman–Crippen MR) is 148 cm³/mol. The molecule has 1 aromatic carbocycles. The number of rotatable bonds is 6. The number of carbonyl (C=O) groups excluding carboxylic acids is 2. The third kappa shape index (κ3) is 12.9. The number of amides is 2. The van der Waals surface area contributed by atoms with Gasteiger partial charge in [-0.25, -0.2) is 19.4 Å². The van der Waals surface area contributed by atoms with Crippen molar-refractivity contribution in [3.8, 4) is 5.88 Å². The predicted octanol–water partition coefficient (Wildman–Crippen LogP) is 2.76. The van der Waals surface area contributed by atoms with Gasteiger partial charge in [0, 0.05) is 62.9 Å². The SMILES string of the molecule is COC(=O)N1CCC(Oc2cc(C(=O)NC[C@@H](O)[C@@H]3Cc4ccccc4CN3)ccn2)CC1.O=C(O)C(F)(F)F.O=C(O)C(F)(F)F. The van der Waals surface area contributed by atoms with E-state index in [0.717, 1.165) is 6.42 Å². The first-order valence-electron chi connectivity index (χ1n) is 13.7. The topological polar surface area (TPSA) is 188 Å². The first-order valence-corrected chi connectivity index (χ1v) is 13.7. The number of aliphatic hydroxyl groups excluding tert-OH is 1. The number of aliphatic carboxylic acids is 2. The number of hydrogen-bond acceptors (Lipinski definition) is 9. The van der Waals surface area contributed by atoms with Crippen LogP contribution < -0.4 is 15.4 Å². The molecule has 2 amide bonds. The minimum atomic E-state index is -5.08. The summed E-state index contributed by atoms with van der Waals surface area (Å²) in [5, 5.41) is 31.0. The van der Waals surface area contributed by atoms with Gasteiger partial charge in [0.1, 0.15) is 6.10 Å². The number of piperidine rings is 1. The molecular weight excluding hydrogens is 650 g/mol. The molecule has 0 bridgehead atoms. The highest BCUT2D eigenvalue weighted by molar-refractivity contribution is 5.94. The molecule has 47 heavy (non-hydrogen) atoms. The first kappa shape index (κ1) is 38.5. The number of hydrogen-bond donors (Lipinski definition) is 5. The molecule has 260 valence electrons. The summed E-state index contributed by atoms with van der Waals surface area (Å²) >= 11 is 0. The van der Waals surface area contributed by atoms with Gasteiger partial charge in [-0.2, -0.15) is 26.3 Å². The molecule has 1 saturated heterocycles. The zero-order valence-corrected chi connectivity index (χ0v) is 24.7. The molecule has 0 unspecified atom stereocenters. The molecule has 13 nitrogen and oxygen atoms in total. The van der Waals surface area contributed by atoms with Crippen LogP contribution in [0.5, 0.6) is 5.88 Å². The van der Waals surface area contributed by atoms with Crippen molar-refractivity contribution in [3.63, 3.8) is 0 Å². The molecule has 1 aromatic heterocycles. The number of pyridine rings is 1. The Bertz CT molecular complexity index is 1340. The summed E-state index contributed by atoms with van der Waals surface area (Å²) in [5.41, 5.74) is 2.88. The van der Waals surface area contributed by atoms with E-state index in [2.05, 4.69) is 27.8 Å². The van der Waals surface area contributed by atoms with E-state index in [9.17, 15) is 41.0 Å². The smallest absolute Gasteiger partial charge is 0.475 e. The Morgan fingerprint density at radius 1 is 1.00 bits per heavy atom. The van der Waals surface area contributed by atoms with E-state index in [1.807, 2.05) is 12.1 Å². The third-order valence-electron chi connectivity index (χ3n) is 6.69. The van der Waals surface area contributed by atoms with Crippen molar-refractivity contribution in [2.75, 3.05) is 26.7 Å². The third-order valence-corrected chi connectivity index (χ3v) is 6.69. The molecule has 5 N–H and O–H groups in total. The lowest BCUT2D eigenvalue weighted by molar-refractivity contribution is -0.193. The molecule has 0 saturated carbocycles. The fraction of sp³-hybridized carbons (Fsp3) is 0.464. The average molecular weight is 683 g/mol. The number of alkyl halides is 6. The van der Waals surface area contributed by atoms with Gasteiger partial charge in [0.25, 0.3) is 5.91 Å². The van der Waals surface area contributed by atoms with Gasteiger partial charge in [-0.3, -0.25) is 4.79 Å². The number of aromatic nitrogens is 1. The van der Waals surface area contributed by atoms with Crippen molar-refractivity contribution < 1.29 is 70.3 Å². The normalized spacial score (nSPS) is 16.9. The van der Waals surface area contributed by atoms with Gasteiger partial charge in [0.05, 0.1) is 13.2 Å². The Morgan fingerprint density at radius 3 is 2.09 bits per heavy atom. The number of carboxylic acids is 2. The summed E-state index contributed by atoms with van der Waals surface area (Å²) < 4.78 is 74.2. The van der Waals surface area contributed by atoms with Crippen LogP contribution in [0.2, 0.25) is 0 Å². The maximum Gasteiger partial charge on any atom is 0.490 e. The minimum Gasteiger partial charge on any atom is -0.475 e. The molecule has 3 heterocycles. The maximum atomic E-state index is 12.6. The van der Waals surface area contributed by atoms with Crippen LogP contribution in [-0.4, -0.2) is 106 Å². The van der Waals surface area contributed by atoms with Crippen LogP contribution in [-0.2, 0) is 27.3 Å². The van der Waals surface area contributed by atoms with E-state index < -0.39 is 30.4 Å². The van der Waals surface area contributed by atoms with Gasteiger partial charge in [0.2, 0.25) is 5.88 Å². The number of aliphatic hydroxyl groups is 1. The lowest BCUT2D eigenvalue weighted by atomic mass is 9.93. The summed E-state index contributed by atoms with van der Waals surface area (Å²) in [6.07, 6.45) is -7.72. The van der Waals surface area contributed by atoms with Crippen molar-refractivity contribution >= 4 is 23.9 Å². The largest absolute Gasteiger partial charge is 0.490 e. The maximum absolute atomic E-state index is 12.6. The van der Waals surface area contributed by atoms with Gasteiger partial charge in [-0.15, -0.1) is 0 Å². The van der Waals surface area contributed by atoms with E-state index >= 15 is 0 Å². The summed E-state index contributed by atoms with van der Waals surface area (Å²) in [5.74, 6) is -5.44. The van der Waals surface area contributed by atoms with Crippen molar-refractivity contribution in [3.05, 3.63) is 59.3 Å². The summed E-state index contributed by atoms with van der Waals surface area (Å²) in [4.78, 5) is 47.9. The fourth-order valence-electron chi connectivity index (χ4n) is 4.26. The Kier molecular flexibility index (Phi) is 14.2. The highest BCUT2D eigenvalue weighted by atomic mass is 19.4. The Hall–Kier alpha value is -4.65. The summed E-state index contributed by atoms with van der Waals surface area (Å²) in [6, 6.07) is 11.3. The molecule has 1 fully saturated rings. The summed E-state index contributed by atoms with van der Waals surface area (Å²) in [6.45, 7) is 1.95. The number of carboxylic acid groups (broad SMARTS) is 2. The van der Waals surface area contributed by atoms with E-state index in [0.29, 0.717) is 43.9 Å². The molecule has 2 aliphatic rings. The van der Waals surface area contributed by atoms with Gasteiger partial charge >= 0.3 is 30.4 Å². The van der Waals surface area contributed by atoms with Gasteiger partial charge in [0.15, 0.2) is 0 Å². The number of fused-ring (bicyclic) bond motifs is 1. The zero-order valence-electron chi connectivity index (χ0n) is 24.7. The zero-order chi connectivity index (χ0) is 35.4. The number of nitrogens with one attached hydrogen (secondary N) is 2. The monoisotopic (exact) mass is 682 g/mol. The number of methoxy groups -OCH3 is 1. The molecule has 2 aromatic rings. The highest BCUT2D eigenvalue weighted by Gasteiger charge is 2.39. The lowest BCUT2D eigenvalue weighted by Gasteiger charge is -2.30. The molecule has 0 aliphatic carbocycles. The second-order valence-electron chi connectivity index (χ2n) is 10.0. The molecule has 2 aliphatic heterocycles. The van der Waals surface area contributed by atoms with Crippen LogP contribution in [0.1, 0.15) is 34.3 Å². The number of ether oxygens (including phenoxy) is 2. The standard InChI is InChI=1S/C24H30N4O5.2C2HF3O2/c1-32-24(31)28-10-7-19(8-11-28)33-22-13-17(6-9-25-22)23(30)27-15-21(29)20-12-16-4-2-3-5-18(16)14-26-20;2*3-2(4,5)1(6)7/h2-6,9,13,19-21,26,29H,7-8,10-12,14-15H2,1H3,(H,27,30);2*(H,6,7)/t20-,21+;;/m0../s1. The van der Waals surface area contributed by atoms with Crippen molar-refractivity contribution in [1.29, 1.82) is 0 Å². The van der Waals surface area contributed by atoms with Crippen LogP contribution >= 0.6 is 0 Å². The Morgan fingerprint density at radius 2 is 1.55 bits per heavy atom. The second-order valence-corrected chi connectivity index (χ2v) is 10.0. The molecule has 0 radical (unpaired) electrons. The van der Waals surface area contributed by atoms with Crippen LogP contribution in [0.25, 0.3) is 0 Å². The molecule has 4 rings (SSSR count). The van der Waals surface area contributed by atoms with Crippen molar-refractivity contribution in [2.45, 2.75) is 56.4 Å².